The minimum Gasteiger partial charge on any atom is -0.362 e. The van der Waals surface area contributed by atoms with E-state index in [9.17, 15) is 4.39 Å². The summed E-state index contributed by atoms with van der Waals surface area (Å²) in [7, 11) is 0. The smallest absolute Gasteiger partial charge is 0.159 e. The molecule has 0 bridgehead atoms. The van der Waals surface area contributed by atoms with Crippen LogP contribution >= 0.6 is 0 Å². The Balaban J connectivity index is 1.40. The fourth-order valence-electron chi connectivity index (χ4n) is 4.13. The highest BCUT2D eigenvalue weighted by Crippen LogP contribution is 2.22. The first kappa shape index (κ1) is 19.6. The van der Waals surface area contributed by atoms with Crippen molar-refractivity contribution in [2.24, 2.45) is 0 Å². The number of hydrogen-bond donors (Lipinski definition) is 1. The van der Waals surface area contributed by atoms with E-state index in [1.165, 1.54) is 43.6 Å². The molecule has 0 unspecified atom stereocenters. The molecule has 2 aromatic carbocycles. The molecule has 1 aliphatic rings. The summed E-state index contributed by atoms with van der Waals surface area (Å²) in [6.45, 7) is 5.31. The molecule has 7 heteroatoms. The van der Waals surface area contributed by atoms with Crippen LogP contribution in [0.15, 0.2) is 61.2 Å². The van der Waals surface area contributed by atoms with Crippen LogP contribution in [-0.2, 0) is 6.54 Å². The van der Waals surface area contributed by atoms with Crippen molar-refractivity contribution in [1.29, 1.82) is 0 Å². The third-order valence-corrected chi connectivity index (χ3v) is 5.82. The summed E-state index contributed by atoms with van der Waals surface area (Å²) in [5.74, 6) is 1.12. The molecule has 0 aliphatic carbocycles. The van der Waals surface area contributed by atoms with Crippen molar-refractivity contribution in [2.45, 2.75) is 32.4 Å². The van der Waals surface area contributed by atoms with Crippen LogP contribution in [0.3, 0.4) is 0 Å². The number of rotatable bonds is 6. The Labute approximate surface area is 180 Å². The van der Waals surface area contributed by atoms with Crippen molar-refractivity contribution in [3.05, 3.63) is 78.1 Å². The van der Waals surface area contributed by atoms with Crippen LogP contribution in [0, 0.1) is 5.82 Å². The van der Waals surface area contributed by atoms with Crippen molar-refractivity contribution in [3.8, 4) is 5.82 Å². The SMILES string of the molecule is C[C@H](Nc1cncc(-n2cnc3ccc(CN4CCCC4)cc32)n1)c1ccc(F)cc1. The number of hydrogen-bond acceptors (Lipinski definition) is 5. The molecule has 0 amide bonds. The zero-order valence-electron chi connectivity index (χ0n) is 17.5. The van der Waals surface area contributed by atoms with E-state index in [1.807, 2.05) is 11.5 Å². The Hall–Kier alpha value is -3.32. The van der Waals surface area contributed by atoms with Gasteiger partial charge in [-0.25, -0.2) is 14.4 Å². The number of benzene rings is 2. The maximum atomic E-state index is 13.2. The summed E-state index contributed by atoms with van der Waals surface area (Å²) in [6.07, 6.45) is 7.79. The maximum Gasteiger partial charge on any atom is 0.159 e. The number of aromatic nitrogens is 4. The van der Waals surface area contributed by atoms with Gasteiger partial charge in [0, 0.05) is 12.6 Å². The molecule has 1 saturated heterocycles. The van der Waals surface area contributed by atoms with E-state index in [0.717, 1.165) is 23.1 Å². The maximum absolute atomic E-state index is 13.2. The largest absolute Gasteiger partial charge is 0.362 e. The van der Waals surface area contributed by atoms with Gasteiger partial charge in [0.1, 0.15) is 18.0 Å². The first-order chi connectivity index (χ1) is 15.2. The summed E-state index contributed by atoms with van der Waals surface area (Å²) in [6, 6.07) is 12.9. The average Bonchev–Trinajstić information content (AvgIpc) is 3.44. The number of anilines is 1. The number of likely N-dealkylation sites (tertiary alicyclic amines) is 1. The first-order valence-corrected chi connectivity index (χ1v) is 10.7. The summed E-state index contributed by atoms with van der Waals surface area (Å²) >= 11 is 0. The predicted octanol–water partition coefficient (Wildman–Crippen LogP) is 4.72. The van der Waals surface area contributed by atoms with Crippen molar-refractivity contribution in [1.82, 2.24) is 24.4 Å². The van der Waals surface area contributed by atoms with Gasteiger partial charge in [-0.3, -0.25) is 14.5 Å². The lowest BCUT2D eigenvalue weighted by Gasteiger charge is -2.16. The summed E-state index contributed by atoms with van der Waals surface area (Å²) < 4.78 is 15.2. The van der Waals surface area contributed by atoms with Crippen LogP contribution in [0.4, 0.5) is 10.2 Å². The van der Waals surface area contributed by atoms with Gasteiger partial charge < -0.3 is 5.32 Å². The Kier molecular flexibility index (Phi) is 5.34. The minimum absolute atomic E-state index is 0.0308. The van der Waals surface area contributed by atoms with Gasteiger partial charge in [-0.15, -0.1) is 0 Å². The van der Waals surface area contributed by atoms with Crippen LogP contribution in [0.1, 0.15) is 36.9 Å². The van der Waals surface area contributed by atoms with Crippen molar-refractivity contribution in [3.63, 3.8) is 0 Å². The Morgan fingerprint density at radius 1 is 1.06 bits per heavy atom. The molecular formula is C24H25FN6. The molecule has 4 aromatic rings. The van der Waals surface area contributed by atoms with E-state index in [4.69, 9.17) is 4.98 Å². The van der Waals surface area contributed by atoms with Crippen LogP contribution in [0.5, 0.6) is 0 Å². The standard InChI is InChI=1S/C24H25FN6/c1-17(19-5-7-20(25)8-6-19)28-23-13-26-14-24(29-23)31-16-27-21-9-4-18(12-22(21)31)15-30-10-2-3-11-30/h4-9,12-14,16-17H,2-3,10-11,15H2,1H3,(H,28,29)/t17-/m0/s1. The van der Waals surface area contributed by atoms with Gasteiger partial charge in [0.15, 0.2) is 5.82 Å². The molecule has 0 saturated carbocycles. The van der Waals surface area contributed by atoms with Gasteiger partial charge in [-0.2, -0.15) is 0 Å². The quantitative estimate of drug-likeness (QED) is 0.493. The summed E-state index contributed by atoms with van der Waals surface area (Å²) in [4.78, 5) is 16.1. The van der Waals surface area contributed by atoms with Crippen LogP contribution < -0.4 is 5.32 Å². The molecule has 1 fully saturated rings. The third-order valence-electron chi connectivity index (χ3n) is 5.82. The predicted molar refractivity (Wildman–Crippen MR) is 120 cm³/mol. The number of imidazole rings is 1. The zero-order valence-corrected chi connectivity index (χ0v) is 17.5. The van der Waals surface area contributed by atoms with Gasteiger partial charge in [0.05, 0.1) is 23.4 Å². The van der Waals surface area contributed by atoms with Gasteiger partial charge in [0.25, 0.3) is 0 Å². The minimum atomic E-state index is -0.242. The lowest BCUT2D eigenvalue weighted by molar-refractivity contribution is 0.331. The van der Waals surface area contributed by atoms with E-state index in [2.05, 4.69) is 38.4 Å². The zero-order chi connectivity index (χ0) is 21.2. The molecule has 6 nitrogen and oxygen atoms in total. The second-order valence-electron chi connectivity index (χ2n) is 8.10. The lowest BCUT2D eigenvalue weighted by Crippen LogP contribution is -2.18. The monoisotopic (exact) mass is 416 g/mol. The third kappa shape index (κ3) is 4.27. The summed E-state index contributed by atoms with van der Waals surface area (Å²) in [5.41, 5.74) is 4.22. The molecule has 1 atom stereocenters. The average molecular weight is 417 g/mol. The number of halogens is 1. The fraction of sp³-hybridized carbons (Fsp3) is 0.292. The van der Waals surface area contributed by atoms with Crippen LogP contribution in [0.25, 0.3) is 16.9 Å². The first-order valence-electron chi connectivity index (χ1n) is 10.7. The van der Waals surface area contributed by atoms with Crippen molar-refractivity contribution >= 4 is 16.9 Å². The fourth-order valence-corrected chi connectivity index (χ4v) is 4.13. The van der Waals surface area contributed by atoms with Crippen LogP contribution in [0.2, 0.25) is 0 Å². The van der Waals surface area contributed by atoms with Crippen LogP contribution in [-0.4, -0.2) is 37.5 Å². The van der Waals surface area contributed by atoms with E-state index in [0.29, 0.717) is 11.6 Å². The van der Waals surface area contributed by atoms with Gasteiger partial charge >= 0.3 is 0 Å². The molecule has 1 aliphatic heterocycles. The van der Waals surface area contributed by atoms with E-state index >= 15 is 0 Å². The molecule has 158 valence electrons. The molecule has 0 spiro atoms. The molecular weight excluding hydrogens is 391 g/mol. The highest BCUT2D eigenvalue weighted by molar-refractivity contribution is 5.77. The normalized spacial score (nSPS) is 15.4. The second kappa shape index (κ2) is 8.43. The molecule has 1 N–H and O–H groups in total. The van der Waals surface area contributed by atoms with E-state index in [1.54, 1.807) is 30.9 Å². The molecule has 5 rings (SSSR count). The van der Waals surface area contributed by atoms with Crippen molar-refractivity contribution in [2.75, 3.05) is 18.4 Å². The second-order valence-corrected chi connectivity index (χ2v) is 8.10. The molecule has 31 heavy (non-hydrogen) atoms. The number of fused-ring (bicyclic) bond motifs is 1. The number of nitrogens with one attached hydrogen (secondary N) is 1. The topological polar surface area (TPSA) is 58.9 Å². The molecule has 2 aromatic heterocycles. The van der Waals surface area contributed by atoms with E-state index < -0.39 is 0 Å². The van der Waals surface area contributed by atoms with Gasteiger partial charge in [-0.1, -0.05) is 18.2 Å². The highest BCUT2D eigenvalue weighted by Gasteiger charge is 2.14. The Bertz CT molecular complexity index is 1180. The lowest BCUT2D eigenvalue weighted by atomic mass is 10.1. The Morgan fingerprint density at radius 3 is 2.68 bits per heavy atom. The van der Waals surface area contributed by atoms with E-state index in [-0.39, 0.29) is 11.9 Å². The molecule has 0 radical (unpaired) electrons. The van der Waals surface area contributed by atoms with Crippen molar-refractivity contribution < 1.29 is 4.39 Å². The Morgan fingerprint density at radius 2 is 1.87 bits per heavy atom. The summed E-state index contributed by atoms with van der Waals surface area (Å²) in [5, 5.41) is 3.35. The van der Waals surface area contributed by atoms with Gasteiger partial charge in [0.2, 0.25) is 0 Å². The molecule has 3 heterocycles. The highest BCUT2D eigenvalue weighted by atomic mass is 19.1. The van der Waals surface area contributed by atoms with Gasteiger partial charge in [-0.05, 0) is 68.2 Å². The number of nitrogens with zero attached hydrogens (tertiary/aromatic N) is 5.